The lowest BCUT2D eigenvalue weighted by Gasteiger charge is -2.26. The highest BCUT2D eigenvalue weighted by Crippen LogP contribution is 2.57. The molecule has 2 aromatic heterocycles. The molecule has 2 aliphatic carbocycles. The van der Waals surface area contributed by atoms with E-state index in [2.05, 4.69) is 9.97 Å². The van der Waals surface area contributed by atoms with E-state index < -0.39 is 0 Å². The van der Waals surface area contributed by atoms with Gasteiger partial charge in [-0.3, -0.25) is 4.98 Å². The normalized spacial score (nSPS) is 29.3. The van der Waals surface area contributed by atoms with E-state index in [1.54, 1.807) is 13.2 Å². The summed E-state index contributed by atoms with van der Waals surface area (Å²) in [6, 6.07) is 3.59. The Morgan fingerprint density at radius 2 is 2.04 bits per heavy atom. The SMILES string of the molecule is COc1ccc2ncc(F)c(CCC34CCC(N)(CC3)C4)c2n1. The molecule has 0 spiro atoms. The van der Waals surface area contributed by atoms with E-state index in [-0.39, 0.29) is 11.4 Å². The fourth-order valence-electron chi connectivity index (χ4n) is 4.54. The van der Waals surface area contributed by atoms with Gasteiger partial charge >= 0.3 is 0 Å². The summed E-state index contributed by atoms with van der Waals surface area (Å²) in [5.74, 6) is 0.219. The average Bonchev–Trinajstić information content (AvgIpc) is 3.07. The highest BCUT2D eigenvalue weighted by Gasteiger charge is 2.51. The predicted octanol–water partition coefficient (Wildman–Crippen LogP) is 3.37. The van der Waals surface area contributed by atoms with Gasteiger partial charge in [0.2, 0.25) is 5.88 Å². The van der Waals surface area contributed by atoms with Crippen molar-refractivity contribution in [3.8, 4) is 5.88 Å². The van der Waals surface area contributed by atoms with Gasteiger partial charge in [0, 0.05) is 17.2 Å². The molecule has 0 aromatic carbocycles. The van der Waals surface area contributed by atoms with Crippen molar-refractivity contribution in [3.05, 3.63) is 29.7 Å². The Balaban J connectivity index is 1.65. The summed E-state index contributed by atoms with van der Waals surface area (Å²) in [7, 11) is 1.57. The van der Waals surface area contributed by atoms with Crippen molar-refractivity contribution in [2.24, 2.45) is 11.1 Å². The van der Waals surface area contributed by atoms with Crippen LogP contribution in [0.25, 0.3) is 11.0 Å². The minimum Gasteiger partial charge on any atom is -0.481 e. The monoisotopic (exact) mass is 315 g/mol. The molecule has 0 unspecified atom stereocenters. The van der Waals surface area contributed by atoms with Crippen molar-refractivity contribution < 1.29 is 9.13 Å². The highest BCUT2D eigenvalue weighted by molar-refractivity contribution is 5.78. The maximum Gasteiger partial charge on any atom is 0.213 e. The highest BCUT2D eigenvalue weighted by atomic mass is 19.1. The summed E-state index contributed by atoms with van der Waals surface area (Å²) in [6.45, 7) is 0. The van der Waals surface area contributed by atoms with Crippen molar-refractivity contribution in [2.75, 3.05) is 7.11 Å². The summed E-state index contributed by atoms with van der Waals surface area (Å²) in [4.78, 5) is 8.56. The van der Waals surface area contributed by atoms with Gasteiger partial charge in [-0.15, -0.1) is 0 Å². The molecule has 2 fully saturated rings. The Bertz CT molecular complexity index is 753. The van der Waals surface area contributed by atoms with Crippen LogP contribution in [-0.4, -0.2) is 22.6 Å². The van der Waals surface area contributed by atoms with E-state index in [9.17, 15) is 4.39 Å². The van der Waals surface area contributed by atoms with E-state index in [4.69, 9.17) is 10.5 Å². The molecule has 0 aliphatic heterocycles. The van der Waals surface area contributed by atoms with Gasteiger partial charge in [-0.25, -0.2) is 9.37 Å². The summed E-state index contributed by atoms with van der Waals surface area (Å²) in [6.07, 6.45) is 8.61. The molecule has 2 bridgehead atoms. The second-order valence-corrected chi connectivity index (χ2v) is 7.35. The second-order valence-electron chi connectivity index (χ2n) is 7.35. The van der Waals surface area contributed by atoms with Crippen LogP contribution in [0.3, 0.4) is 0 Å². The number of nitrogens with two attached hydrogens (primary N) is 1. The van der Waals surface area contributed by atoms with Crippen LogP contribution in [0.1, 0.15) is 44.1 Å². The van der Waals surface area contributed by atoms with Crippen LogP contribution >= 0.6 is 0 Å². The maximum absolute atomic E-state index is 14.4. The van der Waals surface area contributed by atoms with Crippen molar-refractivity contribution >= 4 is 11.0 Å². The molecular weight excluding hydrogens is 293 g/mol. The molecule has 2 aromatic rings. The maximum atomic E-state index is 14.4. The van der Waals surface area contributed by atoms with Crippen molar-refractivity contribution in [3.63, 3.8) is 0 Å². The first-order chi connectivity index (χ1) is 11.0. The lowest BCUT2D eigenvalue weighted by Crippen LogP contribution is -2.33. The number of halogens is 1. The smallest absolute Gasteiger partial charge is 0.213 e. The Hall–Kier alpha value is -1.75. The van der Waals surface area contributed by atoms with Gasteiger partial charge in [0.05, 0.1) is 24.3 Å². The number of aryl methyl sites for hydroxylation is 1. The first-order valence-corrected chi connectivity index (χ1v) is 8.30. The van der Waals surface area contributed by atoms with Gasteiger partial charge in [-0.1, -0.05) is 0 Å². The van der Waals surface area contributed by atoms with Gasteiger partial charge in [-0.2, -0.15) is 0 Å². The van der Waals surface area contributed by atoms with Gasteiger partial charge in [0.25, 0.3) is 0 Å². The van der Waals surface area contributed by atoms with Gasteiger partial charge in [-0.05, 0) is 56.4 Å². The zero-order valence-electron chi connectivity index (χ0n) is 13.4. The first-order valence-electron chi connectivity index (χ1n) is 8.30. The van der Waals surface area contributed by atoms with Crippen LogP contribution in [0, 0.1) is 11.2 Å². The Labute approximate surface area is 135 Å². The molecule has 2 N–H and O–H groups in total. The molecule has 2 saturated carbocycles. The summed E-state index contributed by atoms with van der Waals surface area (Å²) in [5, 5.41) is 0. The van der Waals surface area contributed by atoms with E-state index >= 15 is 0 Å². The van der Waals surface area contributed by atoms with E-state index in [0.717, 1.165) is 25.7 Å². The third kappa shape index (κ3) is 2.47. The third-order valence-corrected chi connectivity index (χ3v) is 5.89. The van der Waals surface area contributed by atoms with Crippen LogP contribution in [0.15, 0.2) is 18.3 Å². The molecule has 0 amide bonds. The fraction of sp³-hybridized carbons (Fsp3) is 0.556. The average molecular weight is 315 g/mol. The molecule has 2 aliphatic rings. The number of nitrogens with zero attached hydrogens (tertiary/aromatic N) is 2. The topological polar surface area (TPSA) is 61.0 Å². The standard InChI is InChI=1S/C18H22FN3O/c1-23-15-3-2-14-16(22-15)12(13(19)10-21-14)4-5-17-6-8-18(20,11-17)9-7-17/h2-3,10H,4-9,11,20H2,1H3. The molecule has 4 rings (SSSR count). The minimum absolute atomic E-state index is 0.0420. The molecule has 0 atom stereocenters. The molecule has 2 heterocycles. The van der Waals surface area contributed by atoms with Crippen LogP contribution in [0.2, 0.25) is 0 Å². The van der Waals surface area contributed by atoms with Crippen LogP contribution in [0.5, 0.6) is 5.88 Å². The van der Waals surface area contributed by atoms with E-state index in [1.807, 2.05) is 6.07 Å². The van der Waals surface area contributed by atoms with Gasteiger partial charge in [0.15, 0.2) is 0 Å². The zero-order valence-corrected chi connectivity index (χ0v) is 13.4. The number of hydrogen-bond acceptors (Lipinski definition) is 4. The van der Waals surface area contributed by atoms with E-state index in [1.165, 1.54) is 19.0 Å². The molecule has 0 saturated heterocycles. The number of pyridine rings is 2. The number of rotatable bonds is 4. The van der Waals surface area contributed by atoms with Gasteiger partial charge in [0.1, 0.15) is 5.82 Å². The lowest BCUT2D eigenvalue weighted by atomic mass is 9.79. The first kappa shape index (κ1) is 14.8. The minimum atomic E-state index is -0.273. The number of aromatic nitrogens is 2. The number of hydrogen-bond donors (Lipinski definition) is 1. The Morgan fingerprint density at radius 3 is 2.70 bits per heavy atom. The van der Waals surface area contributed by atoms with Crippen molar-refractivity contribution in [1.29, 1.82) is 0 Å². The molecule has 4 nitrogen and oxygen atoms in total. The Kier molecular flexibility index (Phi) is 3.30. The predicted molar refractivity (Wildman–Crippen MR) is 86.8 cm³/mol. The molecule has 0 radical (unpaired) electrons. The third-order valence-electron chi connectivity index (χ3n) is 5.89. The molecule has 23 heavy (non-hydrogen) atoms. The van der Waals surface area contributed by atoms with Crippen LogP contribution in [-0.2, 0) is 6.42 Å². The molecular formula is C18H22FN3O. The number of methoxy groups -OCH3 is 1. The van der Waals surface area contributed by atoms with Crippen molar-refractivity contribution in [2.45, 2.75) is 50.5 Å². The molecule has 122 valence electrons. The second kappa shape index (κ2) is 5.13. The van der Waals surface area contributed by atoms with Crippen molar-refractivity contribution in [1.82, 2.24) is 9.97 Å². The summed E-state index contributed by atoms with van der Waals surface area (Å²) in [5.41, 5.74) is 8.73. The summed E-state index contributed by atoms with van der Waals surface area (Å²) >= 11 is 0. The Morgan fingerprint density at radius 1 is 1.26 bits per heavy atom. The number of ether oxygens (including phenoxy) is 1. The van der Waals surface area contributed by atoms with Gasteiger partial charge < -0.3 is 10.5 Å². The van der Waals surface area contributed by atoms with E-state index in [0.29, 0.717) is 34.3 Å². The summed E-state index contributed by atoms with van der Waals surface area (Å²) < 4.78 is 19.6. The quantitative estimate of drug-likeness (QED) is 0.939. The lowest BCUT2D eigenvalue weighted by molar-refractivity contribution is 0.269. The number of fused-ring (bicyclic) bond motifs is 3. The van der Waals surface area contributed by atoms with Crippen LogP contribution < -0.4 is 10.5 Å². The molecule has 5 heteroatoms. The fourth-order valence-corrected chi connectivity index (χ4v) is 4.54. The largest absolute Gasteiger partial charge is 0.481 e. The zero-order chi connectivity index (χ0) is 16.1. The van der Waals surface area contributed by atoms with Crippen LogP contribution in [0.4, 0.5) is 4.39 Å².